The molecular formula is C26H29N5O7S. The summed E-state index contributed by atoms with van der Waals surface area (Å²) in [5, 5.41) is 11.6. The van der Waals surface area contributed by atoms with E-state index < -0.39 is 21.7 Å². The second kappa shape index (κ2) is 10.1. The number of para-hydroxylation sites is 1. The van der Waals surface area contributed by atoms with Crippen molar-refractivity contribution in [1.82, 2.24) is 20.3 Å². The fourth-order valence-corrected chi connectivity index (χ4v) is 5.51. The Morgan fingerprint density at radius 3 is 2.79 bits per heavy atom. The van der Waals surface area contributed by atoms with Gasteiger partial charge in [0.15, 0.2) is 11.4 Å². The van der Waals surface area contributed by atoms with Crippen LogP contribution in [0.25, 0.3) is 11.0 Å². The lowest BCUT2D eigenvalue weighted by atomic mass is 10.0. The zero-order valence-electron chi connectivity index (χ0n) is 22.0. The quantitative estimate of drug-likeness (QED) is 0.331. The van der Waals surface area contributed by atoms with Crippen LogP contribution in [-0.4, -0.2) is 48.8 Å². The zero-order chi connectivity index (χ0) is 27.8. The van der Waals surface area contributed by atoms with E-state index in [0.717, 1.165) is 16.7 Å². The summed E-state index contributed by atoms with van der Waals surface area (Å²) < 4.78 is 52.4. The Bertz CT molecular complexity index is 1640. The molecule has 2 aromatic heterocycles. The number of carbonyl (C=O) groups excluding carboxylic acids is 1. The topological polar surface area (TPSA) is 147 Å². The zero-order valence-corrected chi connectivity index (χ0v) is 22.8. The van der Waals surface area contributed by atoms with Gasteiger partial charge >= 0.3 is 6.09 Å². The molecule has 0 spiro atoms. The molecule has 0 fully saturated rings. The summed E-state index contributed by atoms with van der Waals surface area (Å²) in [4.78, 5) is 11.9. The number of nitrogens with one attached hydrogen (secondary N) is 2. The maximum absolute atomic E-state index is 13.1. The number of fused-ring (bicyclic) bond motifs is 3. The first-order valence-electron chi connectivity index (χ1n) is 12.2. The van der Waals surface area contributed by atoms with Crippen molar-refractivity contribution in [2.75, 3.05) is 18.4 Å². The molecule has 206 valence electrons. The summed E-state index contributed by atoms with van der Waals surface area (Å²) >= 11 is 0. The van der Waals surface area contributed by atoms with E-state index in [1.165, 1.54) is 13.2 Å². The number of amides is 1. The molecule has 4 aromatic rings. The van der Waals surface area contributed by atoms with Crippen LogP contribution in [0.15, 0.2) is 52.1 Å². The fraction of sp³-hybridized carbons (Fsp3) is 0.346. The largest absolute Gasteiger partial charge is 0.495 e. The molecular weight excluding hydrogens is 526 g/mol. The molecule has 1 aliphatic rings. The minimum Gasteiger partial charge on any atom is -0.495 e. The van der Waals surface area contributed by atoms with Crippen molar-refractivity contribution in [3.8, 4) is 11.5 Å². The summed E-state index contributed by atoms with van der Waals surface area (Å²) in [6, 6.07) is 8.13. The summed E-state index contributed by atoms with van der Waals surface area (Å²) in [6.45, 7) is 6.53. The average Bonchev–Trinajstić information content (AvgIpc) is 3.62. The number of rotatable bonds is 8. The molecule has 13 heteroatoms. The third kappa shape index (κ3) is 5.62. The highest BCUT2D eigenvalue weighted by Gasteiger charge is 2.28. The van der Waals surface area contributed by atoms with Crippen molar-refractivity contribution >= 4 is 32.9 Å². The van der Waals surface area contributed by atoms with Gasteiger partial charge in [0.05, 0.1) is 26.5 Å². The molecule has 2 N–H and O–H groups in total. The standard InChI is InChI=1S/C26H29N5O7S/c1-26(2,3)37-25(32)27-12-16-13-28-31(14-16)15-17-11-20-22(23-18(17)9-10-36-23)24(29-38-20)30-39(33,34)21-8-6-5-7-19(21)35-4/h5-8,11,13-14H,9-10,12,15H2,1-4H3,(H,27,32)(H,29,30). The van der Waals surface area contributed by atoms with Crippen LogP contribution < -0.4 is 19.5 Å². The van der Waals surface area contributed by atoms with Crippen molar-refractivity contribution in [3.63, 3.8) is 0 Å². The van der Waals surface area contributed by atoms with Gasteiger partial charge in [0, 0.05) is 30.3 Å². The number of sulfonamides is 1. The number of ether oxygens (including phenoxy) is 3. The molecule has 5 rings (SSSR count). The number of aromatic nitrogens is 3. The number of alkyl carbamates (subject to hydrolysis) is 1. The van der Waals surface area contributed by atoms with E-state index in [4.69, 9.17) is 18.7 Å². The lowest BCUT2D eigenvalue weighted by molar-refractivity contribution is 0.0523. The van der Waals surface area contributed by atoms with Gasteiger partial charge in [-0.25, -0.2) is 13.2 Å². The number of anilines is 1. The van der Waals surface area contributed by atoms with Crippen molar-refractivity contribution in [2.24, 2.45) is 0 Å². The molecule has 0 atom stereocenters. The van der Waals surface area contributed by atoms with Crippen LogP contribution in [-0.2, 0) is 34.3 Å². The first-order chi connectivity index (χ1) is 18.5. The highest BCUT2D eigenvalue weighted by Crippen LogP contribution is 2.41. The Morgan fingerprint density at radius 1 is 1.23 bits per heavy atom. The van der Waals surface area contributed by atoms with E-state index in [1.54, 1.807) is 49.8 Å². The minimum atomic E-state index is -4.02. The molecule has 0 saturated carbocycles. The van der Waals surface area contributed by atoms with Crippen LogP contribution in [0.5, 0.6) is 11.5 Å². The van der Waals surface area contributed by atoms with Crippen molar-refractivity contribution in [2.45, 2.75) is 50.8 Å². The highest BCUT2D eigenvalue weighted by atomic mass is 32.2. The summed E-state index contributed by atoms with van der Waals surface area (Å²) in [5.74, 6) is 0.775. The molecule has 0 saturated heterocycles. The number of hydrogen-bond acceptors (Lipinski definition) is 9. The normalized spacial score (nSPS) is 13.1. The van der Waals surface area contributed by atoms with Gasteiger partial charge in [-0.05, 0) is 44.5 Å². The molecule has 0 aliphatic carbocycles. The predicted molar refractivity (Wildman–Crippen MR) is 141 cm³/mol. The van der Waals surface area contributed by atoms with E-state index in [1.807, 2.05) is 12.3 Å². The van der Waals surface area contributed by atoms with Gasteiger partial charge in [0.25, 0.3) is 10.0 Å². The van der Waals surface area contributed by atoms with Gasteiger partial charge in [-0.1, -0.05) is 17.3 Å². The first-order valence-corrected chi connectivity index (χ1v) is 13.7. The Balaban J connectivity index is 1.37. The SMILES string of the molecule is COc1ccccc1S(=O)(=O)Nc1noc2cc(Cn3cc(CNC(=O)OC(C)(C)C)cn3)c3c(c12)OCC3. The highest BCUT2D eigenvalue weighted by molar-refractivity contribution is 7.92. The van der Waals surface area contributed by atoms with Gasteiger partial charge in [-0.2, -0.15) is 5.10 Å². The summed E-state index contributed by atoms with van der Waals surface area (Å²) in [7, 11) is -2.61. The first kappa shape index (κ1) is 26.4. The Kier molecular flexibility index (Phi) is 6.85. The lowest BCUT2D eigenvalue weighted by Crippen LogP contribution is -2.32. The van der Waals surface area contributed by atoms with Crippen molar-refractivity contribution < 1.29 is 31.9 Å². The molecule has 2 aromatic carbocycles. The van der Waals surface area contributed by atoms with E-state index in [-0.39, 0.29) is 23.0 Å². The van der Waals surface area contributed by atoms with Crippen molar-refractivity contribution in [3.05, 3.63) is 59.4 Å². The van der Waals surface area contributed by atoms with Crippen LogP contribution in [0, 0.1) is 0 Å². The number of hydrogen-bond donors (Lipinski definition) is 2. The van der Waals surface area contributed by atoms with Gasteiger partial charge in [-0.3, -0.25) is 9.40 Å². The van der Waals surface area contributed by atoms with Gasteiger partial charge < -0.3 is 24.1 Å². The number of carbonyl (C=O) groups is 1. The van der Waals surface area contributed by atoms with Crippen LogP contribution in [0.1, 0.15) is 37.5 Å². The van der Waals surface area contributed by atoms with Gasteiger partial charge in [-0.15, -0.1) is 0 Å². The Labute approximate surface area is 225 Å². The number of methoxy groups -OCH3 is 1. The third-order valence-corrected chi connectivity index (χ3v) is 7.33. The van der Waals surface area contributed by atoms with Crippen molar-refractivity contribution in [1.29, 1.82) is 0 Å². The minimum absolute atomic E-state index is 0.0199. The molecule has 1 aliphatic heterocycles. The predicted octanol–water partition coefficient (Wildman–Crippen LogP) is 3.84. The number of benzene rings is 2. The van der Waals surface area contributed by atoms with Crippen LogP contribution in [0.2, 0.25) is 0 Å². The molecule has 12 nitrogen and oxygen atoms in total. The van der Waals surface area contributed by atoms with Crippen LogP contribution >= 0.6 is 0 Å². The average molecular weight is 556 g/mol. The molecule has 0 unspecified atom stereocenters. The maximum Gasteiger partial charge on any atom is 0.407 e. The smallest absolute Gasteiger partial charge is 0.407 e. The van der Waals surface area contributed by atoms with E-state index in [0.29, 0.717) is 36.3 Å². The van der Waals surface area contributed by atoms with Gasteiger partial charge in [0.1, 0.15) is 27.4 Å². The second-order valence-corrected chi connectivity index (χ2v) is 11.7. The van der Waals surface area contributed by atoms with Crippen LogP contribution in [0.3, 0.4) is 0 Å². The van der Waals surface area contributed by atoms with Crippen LogP contribution in [0.4, 0.5) is 10.6 Å². The van der Waals surface area contributed by atoms with E-state index in [9.17, 15) is 13.2 Å². The molecule has 39 heavy (non-hydrogen) atoms. The lowest BCUT2D eigenvalue weighted by Gasteiger charge is -2.19. The monoisotopic (exact) mass is 555 g/mol. The van der Waals surface area contributed by atoms with Gasteiger partial charge in [0.2, 0.25) is 0 Å². The summed E-state index contributed by atoms with van der Waals surface area (Å²) in [5.41, 5.74) is 2.43. The van der Waals surface area contributed by atoms with E-state index in [2.05, 4.69) is 20.3 Å². The van der Waals surface area contributed by atoms with E-state index >= 15 is 0 Å². The second-order valence-electron chi connectivity index (χ2n) is 10.0. The summed E-state index contributed by atoms with van der Waals surface area (Å²) in [6.07, 6.45) is 3.64. The molecule has 1 amide bonds. The Hall–Kier alpha value is -4.26. The molecule has 0 bridgehead atoms. The Morgan fingerprint density at radius 2 is 2.03 bits per heavy atom. The fourth-order valence-electron chi connectivity index (χ4n) is 4.33. The molecule has 3 heterocycles. The third-order valence-electron chi connectivity index (χ3n) is 5.96. The maximum atomic E-state index is 13.1. The molecule has 0 radical (unpaired) electrons. The number of nitrogens with zero attached hydrogens (tertiary/aromatic N) is 3.